The second-order valence-electron chi connectivity index (χ2n) is 3.92. The number of aryl methyl sites for hydroxylation is 1. The Kier molecular flexibility index (Phi) is 3.00. The van der Waals surface area contributed by atoms with Crippen molar-refractivity contribution in [3.05, 3.63) is 47.8 Å². The van der Waals surface area contributed by atoms with Crippen LogP contribution in [0, 0.1) is 12.7 Å². The van der Waals surface area contributed by atoms with Gasteiger partial charge in [0.25, 0.3) is 0 Å². The van der Waals surface area contributed by atoms with E-state index in [0.717, 1.165) is 16.9 Å². The van der Waals surface area contributed by atoms with Crippen LogP contribution in [0.3, 0.4) is 0 Å². The van der Waals surface area contributed by atoms with Gasteiger partial charge in [0, 0.05) is 11.3 Å². The van der Waals surface area contributed by atoms with Crippen LogP contribution in [0.15, 0.2) is 36.4 Å². The lowest BCUT2D eigenvalue weighted by Gasteiger charge is -2.08. The van der Waals surface area contributed by atoms with E-state index >= 15 is 0 Å². The average Bonchev–Trinajstić information content (AvgIpc) is 2.34. The normalized spacial score (nSPS) is 10.3. The zero-order valence-corrected chi connectivity index (χ0v) is 9.83. The molecule has 88 valence electrons. The second kappa shape index (κ2) is 4.45. The van der Waals surface area contributed by atoms with E-state index in [2.05, 4.69) is 0 Å². The molecule has 0 heterocycles. The maximum atomic E-state index is 13.8. The first-order valence-corrected chi connectivity index (χ1v) is 5.32. The monoisotopic (exact) mass is 231 g/mol. The Balaban J connectivity index is 2.48. The van der Waals surface area contributed by atoms with E-state index in [9.17, 15) is 4.39 Å². The van der Waals surface area contributed by atoms with E-state index in [-0.39, 0.29) is 5.82 Å². The summed E-state index contributed by atoms with van der Waals surface area (Å²) < 4.78 is 18.9. The number of nitrogens with two attached hydrogens (primary N) is 1. The molecule has 0 saturated carbocycles. The summed E-state index contributed by atoms with van der Waals surface area (Å²) in [6, 6.07) is 10.4. The number of ether oxygens (including phenoxy) is 1. The summed E-state index contributed by atoms with van der Waals surface area (Å²) in [6.45, 7) is 1.86. The summed E-state index contributed by atoms with van der Waals surface area (Å²) in [5, 5.41) is 0. The first-order chi connectivity index (χ1) is 8.11. The van der Waals surface area contributed by atoms with Crippen molar-refractivity contribution in [1.82, 2.24) is 0 Å². The van der Waals surface area contributed by atoms with Gasteiger partial charge in [-0.05, 0) is 42.3 Å². The van der Waals surface area contributed by atoms with Gasteiger partial charge in [-0.15, -0.1) is 0 Å². The molecule has 0 unspecified atom stereocenters. The van der Waals surface area contributed by atoms with Crippen molar-refractivity contribution in [3.63, 3.8) is 0 Å². The van der Waals surface area contributed by atoms with Crippen LogP contribution >= 0.6 is 0 Å². The van der Waals surface area contributed by atoms with Crippen LogP contribution in [-0.4, -0.2) is 7.11 Å². The van der Waals surface area contributed by atoms with Crippen LogP contribution in [0.4, 0.5) is 10.1 Å². The van der Waals surface area contributed by atoms with Crippen molar-refractivity contribution in [2.24, 2.45) is 0 Å². The van der Waals surface area contributed by atoms with Gasteiger partial charge in [0.2, 0.25) is 0 Å². The van der Waals surface area contributed by atoms with Gasteiger partial charge in [0.05, 0.1) is 7.11 Å². The Hall–Kier alpha value is -2.03. The van der Waals surface area contributed by atoms with Crippen molar-refractivity contribution in [2.45, 2.75) is 6.92 Å². The molecule has 0 atom stereocenters. The molecule has 3 heteroatoms. The molecular weight excluding hydrogens is 217 g/mol. The number of rotatable bonds is 2. The summed E-state index contributed by atoms with van der Waals surface area (Å²) >= 11 is 0. The van der Waals surface area contributed by atoms with E-state index in [1.54, 1.807) is 25.3 Å². The summed E-state index contributed by atoms with van der Waals surface area (Å²) in [6.07, 6.45) is 0. The van der Waals surface area contributed by atoms with E-state index in [1.165, 1.54) is 6.07 Å². The highest BCUT2D eigenvalue weighted by Crippen LogP contribution is 2.28. The average molecular weight is 231 g/mol. The van der Waals surface area contributed by atoms with Gasteiger partial charge in [-0.25, -0.2) is 4.39 Å². The third kappa shape index (κ3) is 2.23. The predicted octanol–water partition coefficient (Wildman–Crippen LogP) is 3.39. The van der Waals surface area contributed by atoms with Crippen molar-refractivity contribution in [2.75, 3.05) is 12.8 Å². The number of benzene rings is 2. The van der Waals surface area contributed by atoms with Gasteiger partial charge >= 0.3 is 0 Å². The van der Waals surface area contributed by atoms with E-state index in [4.69, 9.17) is 10.5 Å². The van der Waals surface area contributed by atoms with E-state index in [1.807, 2.05) is 19.1 Å². The molecule has 0 aromatic heterocycles. The predicted molar refractivity (Wildman–Crippen MR) is 67.5 cm³/mol. The molecule has 2 N–H and O–H groups in total. The maximum absolute atomic E-state index is 13.8. The molecule has 17 heavy (non-hydrogen) atoms. The Bertz CT molecular complexity index is 535. The van der Waals surface area contributed by atoms with E-state index in [0.29, 0.717) is 11.3 Å². The molecule has 2 aromatic carbocycles. The summed E-state index contributed by atoms with van der Waals surface area (Å²) in [7, 11) is 1.60. The largest absolute Gasteiger partial charge is 0.497 e. The molecule has 0 bridgehead atoms. The first-order valence-electron chi connectivity index (χ1n) is 5.32. The zero-order chi connectivity index (χ0) is 12.4. The van der Waals surface area contributed by atoms with Gasteiger partial charge < -0.3 is 10.5 Å². The molecule has 0 aliphatic rings. The minimum absolute atomic E-state index is 0.307. The Morgan fingerprint density at radius 2 is 1.76 bits per heavy atom. The Labute approximate surface area is 99.8 Å². The molecule has 0 spiro atoms. The fraction of sp³-hybridized carbons (Fsp3) is 0.143. The molecule has 0 radical (unpaired) electrons. The van der Waals surface area contributed by atoms with Crippen LogP contribution in [0.2, 0.25) is 0 Å². The minimum atomic E-state index is -0.307. The van der Waals surface area contributed by atoms with Crippen LogP contribution < -0.4 is 10.5 Å². The van der Waals surface area contributed by atoms with Crippen LogP contribution in [0.25, 0.3) is 11.1 Å². The van der Waals surface area contributed by atoms with Crippen molar-refractivity contribution < 1.29 is 9.13 Å². The molecule has 0 aliphatic carbocycles. The van der Waals surface area contributed by atoms with Gasteiger partial charge in [-0.1, -0.05) is 12.1 Å². The summed E-state index contributed by atoms with van der Waals surface area (Å²) in [4.78, 5) is 0. The molecule has 2 aromatic rings. The lowest BCUT2D eigenvalue weighted by molar-refractivity contribution is 0.415. The van der Waals surface area contributed by atoms with Crippen molar-refractivity contribution in [1.29, 1.82) is 0 Å². The molecule has 2 nitrogen and oxygen atoms in total. The number of nitrogen functional groups attached to an aromatic ring is 1. The molecular formula is C14H14FNO. The number of anilines is 1. The SMILES string of the molecule is COc1ccc(-c2cc(C)c(N)cc2F)cc1. The number of halogens is 1. The highest BCUT2D eigenvalue weighted by atomic mass is 19.1. The fourth-order valence-electron chi connectivity index (χ4n) is 1.69. The standard InChI is InChI=1S/C14H14FNO/c1-9-7-12(13(15)8-14(9)16)10-3-5-11(17-2)6-4-10/h3-8H,16H2,1-2H3. The molecule has 0 saturated heterocycles. The minimum Gasteiger partial charge on any atom is -0.497 e. The smallest absolute Gasteiger partial charge is 0.133 e. The third-order valence-electron chi connectivity index (χ3n) is 2.76. The second-order valence-corrected chi connectivity index (χ2v) is 3.92. The summed E-state index contributed by atoms with van der Waals surface area (Å²) in [5.41, 5.74) is 8.36. The topological polar surface area (TPSA) is 35.2 Å². The lowest BCUT2D eigenvalue weighted by atomic mass is 10.0. The highest BCUT2D eigenvalue weighted by molar-refractivity contribution is 5.68. The third-order valence-corrected chi connectivity index (χ3v) is 2.76. The number of hydrogen-bond donors (Lipinski definition) is 1. The lowest BCUT2D eigenvalue weighted by Crippen LogP contribution is -1.93. The van der Waals surface area contributed by atoms with Crippen molar-refractivity contribution >= 4 is 5.69 Å². The van der Waals surface area contributed by atoms with Crippen LogP contribution in [-0.2, 0) is 0 Å². The molecule has 0 aliphatic heterocycles. The van der Waals surface area contributed by atoms with Gasteiger partial charge in [-0.2, -0.15) is 0 Å². The van der Waals surface area contributed by atoms with Crippen LogP contribution in [0.5, 0.6) is 5.75 Å². The Morgan fingerprint density at radius 3 is 2.35 bits per heavy atom. The maximum Gasteiger partial charge on any atom is 0.133 e. The molecule has 2 rings (SSSR count). The van der Waals surface area contributed by atoms with E-state index < -0.39 is 0 Å². The fourth-order valence-corrected chi connectivity index (χ4v) is 1.69. The van der Waals surface area contributed by atoms with Crippen molar-refractivity contribution in [3.8, 4) is 16.9 Å². The Morgan fingerprint density at radius 1 is 1.12 bits per heavy atom. The highest BCUT2D eigenvalue weighted by Gasteiger charge is 2.07. The van der Waals surface area contributed by atoms with Gasteiger partial charge in [0.1, 0.15) is 11.6 Å². The first kappa shape index (κ1) is 11.5. The number of methoxy groups -OCH3 is 1. The molecule has 0 amide bonds. The number of hydrogen-bond acceptors (Lipinski definition) is 2. The summed E-state index contributed by atoms with van der Waals surface area (Å²) in [5.74, 6) is 0.444. The quantitative estimate of drug-likeness (QED) is 0.804. The molecule has 0 fully saturated rings. The van der Waals surface area contributed by atoms with Gasteiger partial charge in [-0.3, -0.25) is 0 Å². The van der Waals surface area contributed by atoms with Gasteiger partial charge in [0.15, 0.2) is 0 Å². The zero-order valence-electron chi connectivity index (χ0n) is 9.83. The van der Waals surface area contributed by atoms with Crippen LogP contribution in [0.1, 0.15) is 5.56 Å².